The highest BCUT2D eigenvalue weighted by molar-refractivity contribution is 7.89. The molecule has 0 bridgehead atoms. The van der Waals surface area contributed by atoms with Gasteiger partial charge >= 0.3 is 0 Å². The molecule has 0 saturated carbocycles. The van der Waals surface area contributed by atoms with Gasteiger partial charge in [-0.05, 0) is 13.0 Å². The maximum Gasteiger partial charge on any atom is 0.246 e. The van der Waals surface area contributed by atoms with Crippen LogP contribution in [0.25, 0.3) is 0 Å². The minimum atomic E-state index is -3.67. The maximum absolute atomic E-state index is 12.4. The van der Waals surface area contributed by atoms with Crippen LogP contribution in [0.5, 0.6) is 0 Å². The van der Waals surface area contributed by atoms with Crippen molar-refractivity contribution in [3.8, 4) is 0 Å². The summed E-state index contributed by atoms with van der Waals surface area (Å²) in [5.74, 6) is -0.713. The molecule has 0 aromatic rings. The minimum Gasteiger partial charge on any atom is -0.338 e. The van der Waals surface area contributed by atoms with Gasteiger partial charge in [0.1, 0.15) is 6.04 Å². The fourth-order valence-corrected chi connectivity index (χ4v) is 3.92. The third-order valence-corrected chi connectivity index (χ3v) is 5.11. The second-order valence-corrected chi connectivity index (χ2v) is 7.13. The van der Waals surface area contributed by atoms with Crippen LogP contribution in [-0.4, -0.2) is 79.4 Å². The summed E-state index contributed by atoms with van der Waals surface area (Å²) in [7, 11) is -3.67. The lowest BCUT2D eigenvalue weighted by Crippen LogP contribution is -2.54. The third kappa shape index (κ3) is 2.95. The number of rotatable bonds is 3. The standard InChI is InChI=1S/C12H21N3O4S/c1-3-13-6-8-14(9-7-13)12(17)10-4-5-11(16)15(10)20(2,18)19/h10H,3-9H2,1-2H3. The van der Waals surface area contributed by atoms with Gasteiger partial charge < -0.3 is 9.80 Å². The van der Waals surface area contributed by atoms with E-state index < -0.39 is 22.0 Å². The lowest BCUT2D eigenvalue weighted by molar-refractivity contribution is -0.139. The second kappa shape index (κ2) is 5.69. The van der Waals surface area contributed by atoms with Crippen LogP contribution < -0.4 is 0 Å². The first-order valence-electron chi connectivity index (χ1n) is 6.88. The van der Waals surface area contributed by atoms with Crippen molar-refractivity contribution in [2.24, 2.45) is 0 Å². The van der Waals surface area contributed by atoms with E-state index in [9.17, 15) is 18.0 Å². The van der Waals surface area contributed by atoms with Gasteiger partial charge in [0.05, 0.1) is 6.26 Å². The topological polar surface area (TPSA) is 78.0 Å². The van der Waals surface area contributed by atoms with Crippen LogP contribution in [0.2, 0.25) is 0 Å². The van der Waals surface area contributed by atoms with Crippen LogP contribution in [0.3, 0.4) is 0 Å². The summed E-state index contributed by atoms with van der Waals surface area (Å²) in [6.07, 6.45) is 1.39. The van der Waals surface area contributed by atoms with E-state index in [4.69, 9.17) is 0 Å². The average Bonchev–Trinajstić information content (AvgIpc) is 2.80. The smallest absolute Gasteiger partial charge is 0.246 e. The van der Waals surface area contributed by atoms with Gasteiger partial charge in [-0.1, -0.05) is 6.92 Å². The number of carbonyl (C=O) groups excluding carboxylic acids is 2. The first-order valence-corrected chi connectivity index (χ1v) is 8.72. The number of hydrogen-bond donors (Lipinski definition) is 0. The van der Waals surface area contributed by atoms with Gasteiger partial charge in [-0.25, -0.2) is 12.7 Å². The van der Waals surface area contributed by atoms with E-state index >= 15 is 0 Å². The Morgan fingerprint density at radius 3 is 2.35 bits per heavy atom. The third-order valence-electron chi connectivity index (χ3n) is 3.93. The summed E-state index contributed by atoms with van der Waals surface area (Å²) in [5, 5.41) is 0. The van der Waals surface area contributed by atoms with Crippen molar-refractivity contribution in [1.29, 1.82) is 0 Å². The highest BCUT2D eigenvalue weighted by atomic mass is 32.2. The molecule has 0 spiro atoms. The summed E-state index contributed by atoms with van der Waals surface area (Å²) in [6, 6.07) is -0.842. The summed E-state index contributed by atoms with van der Waals surface area (Å²) in [4.78, 5) is 28.0. The highest BCUT2D eigenvalue weighted by Crippen LogP contribution is 2.24. The van der Waals surface area contributed by atoms with E-state index in [0.29, 0.717) is 19.5 Å². The van der Waals surface area contributed by atoms with Crippen molar-refractivity contribution in [3.05, 3.63) is 0 Å². The molecule has 0 aromatic carbocycles. The molecular weight excluding hydrogens is 282 g/mol. The number of likely N-dealkylation sites (N-methyl/N-ethyl adjacent to an activating group) is 1. The molecule has 7 nitrogen and oxygen atoms in total. The van der Waals surface area contributed by atoms with E-state index in [-0.39, 0.29) is 12.3 Å². The zero-order valence-corrected chi connectivity index (χ0v) is 12.7. The van der Waals surface area contributed by atoms with Gasteiger partial charge in [-0.3, -0.25) is 9.59 Å². The number of sulfonamides is 1. The van der Waals surface area contributed by atoms with Crippen LogP contribution in [-0.2, 0) is 19.6 Å². The Morgan fingerprint density at radius 1 is 1.25 bits per heavy atom. The Hall–Kier alpha value is -1.15. The number of amides is 2. The molecule has 8 heteroatoms. The molecule has 0 aromatic heterocycles. The van der Waals surface area contributed by atoms with Crippen LogP contribution in [0.15, 0.2) is 0 Å². The molecule has 2 aliphatic heterocycles. The normalized spacial score (nSPS) is 25.3. The number of hydrogen-bond acceptors (Lipinski definition) is 5. The van der Waals surface area contributed by atoms with Crippen molar-refractivity contribution in [2.45, 2.75) is 25.8 Å². The average molecular weight is 303 g/mol. The Labute approximate surface area is 119 Å². The zero-order chi connectivity index (χ0) is 14.9. The van der Waals surface area contributed by atoms with Crippen molar-refractivity contribution < 1.29 is 18.0 Å². The summed E-state index contributed by atoms with van der Waals surface area (Å²) < 4.78 is 24.1. The first-order chi connectivity index (χ1) is 9.34. The van der Waals surface area contributed by atoms with Crippen LogP contribution >= 0.6 is 0 Å². The van der Waals surface area contributed by atoms with Crippen molar-refractivity contribution in [1.82, 2.24) is 14.1 Å². The molecule has 2 aliphatic rings. The van der Waals surface area contributed by atoms with Crippen LogP contribution in [0.4, 0.5) is 0 Å². The molecule has 0 radical (unpaired) electrons. The number of piperazine rings is 1. The molecular formula is C12H21N3O4S. The molecule has 2 rings (SSSR count). The zero-order valence-electron chi connectivity index (χ0n) is 11.9. The van der Waals surface area contributed by atoms with Crippen molar-refractivity contribution in [2.75, 3.05) is 39.0 Å². The van der Waals surface area contributed by atoms with Crippen molar-refractivity contribution in [3.63, 3.8) is 0 Å². The van der Waals surface area contributed by atoms with Gasteiger partial charge in [-0.2, -0.15) is 0 Å². The predicted octanol–water partition coefficient (Wildman–Crippen LogP) is -0.899. The lowest BCUT2D eigenvalue weighted by Gasteiger charge is -2.36. The van der Waals surface area contributed by atoms with Gasteiger partial charge in [0.25, 0.3) is 0 Å². The van der Waals surface area contributed by atoms with Gasteiger partial charge in [-0.15, -0.1) is 0 Å². The molecule has 2 saturated heterocycles. The Morgan fingerprint density at radius 2 is 1.85 bits per heavy atom. The van der Waals surface area contributed by atoms with E-state index in [0.717, 1.165) is 30.2 Å². The quantitative estimate of drug-likeness (QED) is 0.675. The SMILES string of the molecule is CCN1CCN(C(=O)C2CCC(=O)N2S(C)(=O)=O)CC1. The van der Waals surface area contributed by atoms with E-state index in [1.54, 1.807) is 4.90 Å². The van der Waals surface area contributed by atoms with E-state index in [2.05, 4.69) is 11.8 Å². The number of nitrogens with zero attached hydrogens (tertiary/aromatic N) is 3. The lowest BCUT2D eigenvalue weighted by atomic mass is 10.2. The molecule has 1 unspecified atom stereocenters. The Balaban J connectivity index is 2.07. The Bertz CT molecular complexity index is 497. The van der Waals surface area contributed by atoms with Gasteiger partial charge in [0.15, 0.2) is 0 Å². The molecule has 20 heavy (non-hydrogen) atoms. The first kappa shape index (κ1) is 15.2. The predicted molar refractivity (Wildman–Crippen MR) is 73.4 cm³/mol. The van der Waals surface area contributed by atoms with E-state index in [1.165, 1.54) is 0 Å². The highest BCUT2D eigenvalue weighted by Gasteiger charge is 2.43. The molecule has 1 atom stereocenters. The van der Waals surface area contributed by atoms with Crippen LogP contribution in [0.1, 0.15) is 19.8 Å². The molecule has 2 fully saturated rings. The van der Waals surface area contributed by atoms with Gasteiger partial charge in [0.2, 0.25) is 21.8 Å². The summed E-state index contributed by atoms with van der Waals surface area (Å²) in [6.45, 7) is 5.78. The summed E-state index contributed by atoms with van der Waals surface area (Å²) in [5.41, 5.74) is 0. The molecule has 0 N–H and O–H groups in total. The van der Waals surface area contributed by atoms with Crippen LogP contribution in [0, 0.1) is 0 Å². The Kier molecular flexibility index (Phi) is 4.33. The molecule has 2 heterocycles. The second-order valence-electron chi connectivity index (χ2n) is 5.27. The van der Waals surface area contributed by atoms with Crippen molar-refractivity contribution >= 4 is 21.8 Å². The molecule has 2 amide bonds. The van der Waals surface area contributed by atoms with E-state index in [1.807, 2.05) is 0 Å². The van der Waals surface area contributed by atoms with Gasteiger partial charge in [0, 0.05) is 32.6 Å². The fourth-order valence-electron chi connectivity index (χ4n) is 2.80. The number of carbonyl (C=O) groups is 2. The molecule has 0 aliphatic carbocycles. The fraction of sp³-hybridized carbons (Fsp3) is 0.833. The molecule has 114 valence electrons. The summed E-state index contributed by atoms with van der Waals surface area (Å²) >= 11 is 0. The minimum absolute atomic E-state index is 0.123. The monoisotopic (exact) mass is 303 g/mol. The maximum atomic E-state index is 12.4. The largest absolute Gasteiger partial charge is 0.338 e.